The van der Waals surface area contributed by atoms with Crippen LogP contribution in [0.4, 0.5) is 23.3 Å². The Labute approximate surface area is 188 Å². The number of rotatable bonds is 4. The van der Waals surface area contributed by atoms with Gasteiger partial charge in [0.15, 0.2) is 11.5 Å². The molecule has 2 N–H and O–H groups in total. The number of fused-ring (bicyclic) bond motifs is 2. The lowest BCUT2D eigenvalue weighted by molar-refractivity contribution is 0.643. The van der Waals surface area contributed by atoms with Crippen LogP contribution in [0.15, 0.2) is 48.9 Å². The molecule has 160 valence electrons. The van der Waals surface area contributed by atoms with E-state index in [0.717, 1.165) is 64.2 Å². The maximum Gasteiger partial charge on any atom is 0.231 e. The highest BCUT2D eigenvalue weighted by atomic mass is 32.1. The van der Waals surface area contributed by atoms with Gasteiger partial charge >= 0.3 is 0 Å². The van der Waals surface area contributed by atoms with Crippen LogP contribution < -0.4 is 15.1 Å². The predicted octanol–water partition coefficient (Wildman–Crippen LogP) is 3.74. The molecule has 6 rings (SSSR count). The van der Waals surface area contributed by atoms with Crippen LogP contribution in [0.25, 0.3) is 21.4 Å². The van der Waals surface area contributed by atoms with E-state index in [4.69, 9.17) is 4.98 Å². The number of thiazole rings is 1. The van der Waals surface area contributed by atoms with Crippen molar-refractivity contribution in [3.8, 4) is 0 Å². The van der Waals surface area contributed by atoms with Gasteiger partial charge in [-0.15, -0.1) is 11.3 Å². The zero-order chi connectivity index (χ0) is 21.5. The normalized spacial score (nSPS) is 14.4. The van der Waals surface area contributed by atoms with Crippen LogP contribution in [0.2, 0.25) is 0 Å². The molecular weight excluding hydrogens is 422 g/mol. The molecule has 0 unspecified atom stereocenters. The van der Waals surface area contributed by atoms with Crippen molar-refractivity contribution in [2.75, 3.05) is 41.3 Å². The molecule has 0 spiro atoms. The molecule has 0 aliphatic carbocycles. The molecule has 0 amide bonds. The summed E-state index contributed by atoms with van der Waals surface area (Å²) in [6.45, 7) is 5.45. The quantitative estimate of drug-likeness (QED) is 0.433. The Balaban J connectivity index is 1.27. The SMILES string of the molecule is Cc1nc2ccc(Nc3nc(N4CCN(c5ccccn5)CC4)c4[nH]cnc4n3)cc2s1. The van der Waals surface area contributed by atoms with Gasteiger partial charge in [0.25, 0.3) is 0 Å². The van der Waals surface area contributed by atoms with Crippen LogP contribution in [0, 0.1) is 6.92 Å². The summed E-state index contributed by atoms with van der Waals surface area (Å²) in [7, 11) is 0. The molecular formula is C22H21N9S. The van der Waals surface area contributed by atoms with E-state index in [-0.39, 0.29) is 0 Å². The Morgan fingerprint density at radius 1 is 0.969 bits per heavy atom. The number of anilines is 4. The average Bonchev–Trinajstić information content (AvgIpc) is 3.44. The largest absolute Gasteiger partial charge is 0.353 e. The highest BCUT2D eigenvalue weighted by molar-refractivity contribution is 7.18. The number of hydrogen-bond acceptors (Lipinski definition) is 9. The number of aromatic amines is 1. The van der Waals surface area contributed by atoms with Crippen LogP contribution in [0.5, 0.6) is 0 Å². The number of aryl methyl sites for hydroxylation is 1. The van der Waals surface area contributed by atoms with Gasteiger partial charge in [-0.2, -0.15) is 9.97 Å². The zero-order valence-electron chi connectivity index (χ0n) is 17.5. The fourth-order valence-corrected chi connectivity index (χ4v) is 4.90. The van der Waals surface area contributed by atoms with E-state index in [1.165, 1.54) is 0 Å². The standard InChI is InChI=1S/C22H21N9S/c1-14-26-16-6-5-15(12-17(16)32-14)27-22-28-20-19(24-13-25-20)21(29-22)31-10-8-30(9-11-31)18-4-2-3-7-23-18/h2-7,12-13H,8-11H2,1H3,(H2,24,25,27,28,29). The van der Waals surface area contributed by atoms with Crippen LogP contribution in [0.1, 0.15) is 5.01 Å². The van der Waals surface area contributed by atoms with Gasteiger partial charge in [0.2, 0.25) is 5.95 Å². The van der Waals surface area contributed by atoms with Crippen molar-refractivity contribution in [2.45, 2.75) is 6.92 Å². The van der Waals surface area contributed by atoms with Crippen LogP contribution >= 0.6 is 11.3 Å². The third kappa shape index (κ3) is 3.48. The van der Waals surface area contributed by atoms with Crippen molar-refractivity contribution in [1.82, 2.24) is 29.9 Å². The third-order valence-corrected chi connectivity index (χ3v) is 6.50. The molecule has 1 aromatic carbocycles. The van der Waals surface area contributed by atoms with Gasteiger partial charge in [0.1, 0.15) is 11.3 Å². The Kier molecular flexibility index (Phi) is 4.57. The van der Waals surface area contributed by atoms with Gasteiger partial charge in [-0.25, -0.2) is 15.0 Å². The molecule has 0 saturated carbocycles. The van der Waals surface area contributed by atoms with Crippen molar-refractivity contribution in [3.05, 3.63) is 53.9 Å². The number of hydrogen-bond donors (Lipinski definition) is 2. The predicted molar refractivity (Wildman–Crippen MR) is 128 cm³/mol. The number of nitrogens with zero attached hydrogens (tertiary/aromatic N) is 7. The molecule has 0 bridgehead atoms. The van der Waals surface area contributed by atoms with E-state index in [1.807, 2.05) is 37.4 Å². The highest BCUT2D eigenvalue weighted by Gasteiger charge is 2.22. The molecule has 4 aromatic heterocycles. The minimum absolute atomic E-state index is 0.535. The Bertz CT molecular complexity index is 1390. The summed E-state index contributed by atoms with van der Waals surface area (Å²) in [4.78, 5) is 30.7. The first-order chi connectivity index (χ1) is 15.7. The summed E-state index contributed by atoms with van der Waals surface area (Å²) >= 11 is 1.68. The van der Waals surface area contributed by atoms with Crippen LogP contribution in [-0.4, -0.2) is 56.1 Å². The van der Waals surface area contributed by atoms with Gasteiger partial charge in [-0.05, 0) is 37.3 Å². The first kappa shape index (κ1) is 18.9. The lowest BCUT2D eigenvalue weighted by Crippen LogP contribution is -2.47. The molecule has 0 radical (unpaired) electrons. The minimum Gasteiger partial charge on any atom is -0.353 e. The molecule has 9 nitrogen and oxygen atoms in total. The second-order valence-electron chi connectivity index (χ2n) is 7.67. The van der Waals surface area contributed by atoms with Crippen molar-refractivity contribution < 1.29 is 0 Å². The maximum absolute atomic E-state index is 4.86. The van der Waals surface area contributed by atoms with Gasteiger partial charge in [-0.1, -0.05) is 6.07 Å². The number of piperazine rings is 1. The fourth-order valence-electron chi connectivity index (χ4n) is 4.04. The van der Waals surface area contributed by atoms with Gasteiger partial charge in [0, 0.05) is 38.1 Å². The van der Waals surface area contributed by atoms with E-state index in [0.29, 0.717) is 11.6 Å². The van der Waals surface area contributed by atoms with E-state index < -0.39 is 0 Å². The summed E-state index contributed by atoms with van der Waals surface area (Å²) in [5.41, 5.74) is 3.45. The summed E-state index contributed by atoms with van der Waals surface area (Å²) in [5.74, 6) is 2.41. The van der Waals surface area contributed by atoms with E-state index >= 15 is 0 Å². The van der Waals surface area contributed by atoms with E-state index in [1.54, 1.807) is 17.7 Å². The number of nitrogens with one attached hydrogen (secondary N) is 2. The minimum atomic E-state index is 0.535. The number of imidazole rings is 1. The zero-order valence-corrected chi connectivity index (χ0v) is 18.3. The summed E-state index contributed by atoms with van der Waals surface area (Å²) in [5, 5.41) is 4.41. The Morgan fingerprint density at radius 2 is 1.84 bits per heavy atom. The maximum atomic E-state index is 4.86. The molecule has 10 heteroatoms. The van der Waals surface area contributed by atoms with Crippen molar-refractivity contribution in [3.63, 3.8) is 0 Å². The molecule has 0 atom stereocenters. The number of pyridine rings is 1. The molecule has 32 heavy (non-hydrogen) atoms. The number of aromatic nitrogens is 6. The number of benzene rings is 1. The first-order valence-corrected chi connectivity index (χ1v) is 11.3. The van der Waals surface area contributed by atoms with Gasteiger partial charge < -0.3 is 20.1 Å². The third-order valence-electron chi connectivity index (χ3n) is 5.57. The monoisotopic (exact) mass is 443 g/mol. The summed E-state index contributed by atoms with van der Waals surface area (Å²) in [6, 6.07) is 12.1. The molecule has 5 heterocycles. The van der Waals surface area contributed by atoms with Crippen LogP contribution in [0.3, 0.4) is 0 Å². The number of H-pyrrole nitrogens is 1. The second-order valence-corrected chi connectivity index (χ2v) is 8.91. The van der Waals surface area contributed by atoms with Crippen molar-refractivity contribution in [1.29, 1.82) is 0 Å². The topological polar surface area (TPSA) is 98.8 Å². The smallest absolute Gasteiger partial charge is 0.231 e. The van der Waals surface area contributed by atoms with Gasteiger partial charge in [0.05, 0.1) is 21.6 Å². The highest BCUT2D eigenvalue weighted by Crippen LogP contribution is 2.28. The van der Waals surface area contributed by atoms with Gasteiger partial charge in [-0.3, -0.25) is 0 Å². The van der Waals surface area contributed by atoms with E-state index in [9.17, 15) is 0 Å². The lowest BCUT2D eigenvalue weighted by Gasteiger charge is -2.36. The Hall–Kier alpha value is -3.79. The average molecular weight is 444 g/mol. The molecule has 5 aromatic rings. The van der Waals surface area contributed by atoms with E-state index in [2.05, 4.69) is 52.2 Å². The molecule has 1 aliphatic rings. The first-order valence-electron chi connectivity index (χ1n) is 10.5. The fraction of sp³-hybridized carbons (Fsp3) is 0.227. The Morgan fingerprint density at radius 3 is 2.69 bits per heavy atom. The summed E-state index contributed by atoms with van der Waals surface area (Å²) < 4.78 is 1.14. The molecule has 1 saturated heterocycles. The molecule has 1 aliphatic heterocycles. The second kappa shape index (κ2) is 7.72. The molecule has 1 fully saturated rings. The van der Waals surface area contributed by atoms with Crippen molar-refractivity contribution in [2.24, 2.45) is 0 Å². The lowest BCUT2D eigenvalue weighted by atomic mass is 10.3. The van der Waals surface area contributed by atoms with Crippen LogP contribution in [-0.2, 0) is 0 Å². The summed E-state index contributed by atoms with van der Waals surface area (Å²) in [6.07, 6.45) is 3.51. The van der Waals surface area contributed by atoms with Crippen molar-refractivity contribution >= 4 is 56.0 Å².